The van der Waals surface area contributed by atoms with Gasteiger partial charge in [-0.2, -0.15) is 0 Å². The summed E-state index contributed by atoms with van der Waals surface area (Å²) in [6.45, 7) is 2.03. The molecule has 3 aromatic rings. The summed E-state index contributed by atoms with van der Waals surface area (Å²) in [6.07, 6.45) is 2.61. The van der Waals surface area contributed by atoms with E-state index in [1.54, 1.807) is 49.4 Å². The number of benzene rings is 2. The van der Waals surface area contributed by atoms with Gasteiger partial charge in [-0.1, -0.05) is 48.0 Å². The van der Waals surface area contributed by atoms with Gasteiger partial charge < -0.3 is 9.84 Å². The number of carbonyl (C=O) groups is 4. The van der Waals surface area contributed by atoms with Crippen LogP contribution >= 0.6 is 11.3 Å². The Morgan fingerprint density at radius 1 is 0.952 bits per heavy atom. The van der Waals surface area contributed by atoms with E-state index in [4.69, 9.17) is 4.74 Å². The van der Waals surface area contributed by atoms with Crippen molar-refractivity contribution in [2.75, 3.05) is 12.0 Å². The molecule has 1 N–H and O–H groups in total. The molecule has 2 aliphatic heterocycles. The molecule has 9 heteroatoms. The van der Waals surface area contributed by atoms with Crippen molar-refractivity contribution in [3.8, 4) is 11.5 Å². The standard InChI is InChI=1S/C33H30N2O6S/c1-33-24(30(38)35(32(33)40)18-8-4-3-5-9-18)16-23-20(27(33)22-11-6-12-25(41-2)28(22)36)13-14-21-26(23)31(39)34(29(21)37)17-19-10-7-15-42-19/h3-13,15,21,23-24,26-27,36H,14,16-17H2,1-2H3. The van der Waals surface area contributed by atoms with E-state index < -0.39 is 35.0 Å². The maximum Gasteiger partial charge on any atom is 0.241 e. The van der Waals surface area contributed by atoms with Gasteiger partial charge in [0.1, 0.15) is 0 Å². The third kappa shape index (κ3) is 3.59. The second-order valence-electron chi connectivity index (χ2n) is 11.7. The summed E-state index contributed by atoms with van der Waals surface area (Å²) < 4.78 is 5.42. The van der Waals surface area contributed by atoms with Gasteiger partial charge in [-0.15, -0.1) is 11.3 Å². The van der Waals surface area contributed by atoms with Gasteiger partial charge in [0.15, 0.2) is 11.5 Å². The molecule has 0 radical (unpaired) electrons. The van der Waals surface area contributed by atoms with Crippen LogP contribution in [0.15, 0.2) is 77.7 Å². The lowest BCUT2D eigenvalue weighted by Crippen LogP contribution is -2.48. The number of ether oxygens (including phenoxy) is 1. The smallest absolute Gasteiger partial charge is 0.241 e. The number of hydrogen-bond acceptors (Lipinski definition) is 7. The molecular weight excluding hydrogens is 552 g/mol. The van der Waals surface area contributed by atoms with Gasteiger partial charge in [0, 0.05) is 16.4 Å². The maximum absolute atomic E-state index is 14.4. The first-order chi connectivity index (χ1) is 20.3. The molecule has 2 aliphatic carbocycles. The zero-order chi connectivity index (χ0) is 29.3. The molecule has 0 bridgehead atoms. The third-order valence-corrected chi connectivity index (χ3v) is 10.7. The predicted molar refractivity (Wildman–Crippen MR) is 156 cm³/mol. The number of carbonyl (C=O) groups excluding carboxylic acids is 4. The fraction of sp³-hybridized carbons (Fsp3) is 0.333. The average molecular weight is 583 g/mol. The summed E-state index contributed by atoms with van der Waals surface area (Å²) in [5.41, 5.74) is 0.558. The number of phenols is 1. The van der Waals surface area contributed by atoms with Gasteiger partial charge >= 0.3 is 0 Å². The van der Waals surface area contributed by atoms with Crippen molar-refractivity contribution in [2.24, 2.45) is 29.1 Å². The second-order valence-corrected chi connectivity index (χ2v) is 12.8. The summed E-state index contributed by atoms with van der Waals surface area (Å²) >= 11 is 1.50. The monoisotopic (exact) mass is 582 g/mol. The molecule has 4 amide bonds. The molecule has 3 fully saturated rings. The van der Waals surface area contributed by atoms with Gasteiger partial charge in [0.2, 0.25) is 23.6 Å². The molecule has 6 atom stereocenters. The number of nitrogens with zero attached hydrogens (tertiary/aromatic N) is 2. The fourth-order valence-electron chi connectivity index (χ4n) is 7.90. The van der Waals surface area contributed by atoms with Crippen LogP contribution in [0.1, 0.15) is 36.1 Å². The number of methoxy groups -OCH3 is 1. The Kier molecular flexibility index (Phi) is 6.13. The van der Waals surface area contributed by atoms with Crippen molar-refractivity contribution in [1.82, 2.24) is 4.90 Å². The molecule has 7 rings (SSSR count). The van der Waals surface area contributed by atoms with Crippen LogP contribution in [0.2, 0.25) is 0 Å². The molecule has 214 valence electrons. The first-order valence-electron chi connectivity index (χ1n) is 14.1. The molecule has 1 saturated carbocycles. The first-order valence-corrected chi connectivity index (χ1v) is 15.0. The Labute approximate surface area is 247 Å². The predicted octanol–water partition coefficient (Wildman–Crippen LogP) is 4.89. The molecular formula is C33H30N2O6S. The lowest BCUT2D eigenvalue weighted by atomic mass is 9.51. The summed E-state index contributed by atoms with van der Waals surface area (Å²) in [4.78, 5) is 59.7. The molecule has 2 saturated heterocycles. The number of para-hydroxylation sites is 2. The molecule has 8 nitrogen and oxygen atoms in total. The molecule has 42 heavy (non-hydrogen) atoms. The van der Waals surface area contributed by atoms with Gasteiger partial charge in [-0.05, 0) is 55.3 Å². The topological polar surface area (TPSA) is 104 Å². The molecule has 1 aromatic heterocycles. The van der Waals surface area contributed by atoms with Crippen LogP contribution in [0.5, 0.6) is 11.5 Å². The van der Waals surface area contributed by atoms with E-state index in [-0.39, 0.29) is 48.1 Å². The van der Waals surface area contributed by atoms with E-state index in [2.05, 4.69) is 0 Å². The number of likely N-dealkylation sites (tertiary alicyclic amines) is 1. The molecule has 2 aromatic carbocycles. The van der Waals surface area contributed by atoms with E-state index in [0.717, 1.165) is 10.5 Å². The van der Waals surface area contributed by atoms with Gasteiger partial charge in [0.25, 0.3) is 0 Å². The highest BCUT2D eigenvalue weighted by Gasteiger charge is 2.68. The van der Waals surface area contributed by atoms with Crippen LogP contribution in [0.3, 0.4) is 0 Å². The van der Waals surface area contributed by atoms with Crippen molar-refractivity contribution in [3.05, 3.63) is 88.1 Å². The van der Waals surface area contributed by atoms with Gasteiger partial charge in [-0.25, -0.2) is 4.90 Å². The zero-order valence-corrected chi connectivity index (χ0v) is 24.0. The highest BCUT2D eigenvalue weighted by atomic mass is 32.1. The summed E-state index contributed by atoms with van der Waals surface area (Å²) in [5.74, 6) is -3.97. The quantitative estimate of drug-likeness (QED) is 0.339. The summed E-state index contributed by atoms with van der Waals surface area (Å²) in [6, 6.07) is 17.8. The van der Waals surface area contributed by atoms with E-state index in [9.17, 15) is 24.3 Å². The van der Waals surface area contributed by atoms with E-state index >= 15 is 0 Å². The number of phenolic OH excluding ortho intramolecular Hbond substituents is 1. The Hall–Kier alpha value is -4.24. The number of imide groups is 2. The van der Waals surface area contributed by atoms with E-state index in [0.29, 0.717) is 17.7 Å². The third-order valence-electron chi connectivity index (χ3n) is 9.84. The number of allylic oxidation sites excluding steroid dienone is 2. The minimum Gasteiger partial charge on any atom is -0.504 e. The Bertz CT molecular complexity index is 1650. The number of thiophene rings is 1. The lowest BCUT2D eigenvalue weighted by molar-refractivity contribution is -0.141. The fourth-order valence-corrected chi connectivity index (χ4v) is 8.59. The number of rotatable bonds is 5. The number of amides is 4. The summed E-state index contributed by atoms with van der Waals surface area (Å²) in [7, 11) is 1.46. The SMILES string of the molecule is COc1cccc(C2C3=CCC4C(=O)N(Cc5cccs5)C(=O)C4C3CC3C(=O)N(c4ccccc4)C(=O)C32C)c1O. The first kappa shape index (κ1) is 26.6. The van der Waals surface area contributed by atoms with Crippen LogP contribution in [0.4, 0.5) is 5.69 Å². The number of fused-ring (bicyclic) bond motifs is 4. The minimum atomic E-state index is -1.23. The Morgan fingerprint density at radius 3 is 2.45 bits per heavy atom. The van der Waals surface area contributed by atoms with Crippen LogP contribution in [-0.4, -0.2) is 40.7 Å². The van der Waals surface area contributed by atoms with Gasteiger partial charge in [0.05, 0.1) is 42.5 Å². The number of aromatic hydroxyl groups is 1. The van der Waals surface area contributed by atoms with Crippen molar-refractivity contribution >= 4 is 40.7 Å². The lowest BCUT2D eigenvalue weighted by Gasteiger charge is -2.49. The molecule has 4 aliphatic rings. The highest BCUT2D eigenvalue weighted by Crippen LogP contribution is 2.64. The van der Waals surface area contributed by atoms with Crippen molar-refractivity contribution < 1.29 is 29.0 Å². The van der Waals surface area contributed by atoms with Gasteiger partial charge in [-0.3, -0.25) is 24.1 Å². The number of hydrogen-bond donors (Lipinski definition) is 1. The summed E-state index contributed by atoms with van der Waals surface area (Å²) in [5, 5.41) is 13.3. The van der Waals surface area contributed by atoms with Crippen molar-refractivity contribution in [1.29, 1.82) is 0 Å². The molecule has 3 heterocycles. The van der Waals surface area contributed by atoms with E-state index in [1.807, 2.05) is 29.7 Å². The van der Waals surface area contributed by atoms with Crippen LogP contribution < -0.4 is 9.64 Å². The minimum absolute atomic E-state index is 0.0970. The Balaban J connectivity index is 1.37. The largest absolute Gasteiger partial charge is 0.504 e. The molecule has 6 unspecified atom stereocenters. The van der Waals surface area contributed by atoms with Crippen LogP contribution in [0.25, 0.3) is 0 Å². The normalized spacial score (nSPS) is 30.2. The Morgan fingerprint density at radius 2 is 1.74 bits per heavy atom. The van der Waals surface area contributed by atoms with Crippen molar-refractivity contribution in [2.45, 2.75) is 32.2 Å². The average Bonchev–Trinajstić information content (AvgIpc) is 3.65. The van der Waals surface area contributed by atoms with Crippen LogP contribution in [-0.2, 0) is 25.7 Å². The van der Waals surface area contributed by atoms with Crippen LogP contribution in [0, 0.1) is 29.1 Å². The number of anilines is 1. The van der Waals surface area contributed by atoms with E-state index in [1.165, 1.54) is 28.2 Å². The zero-order valence-electron chi connectivity index (χ0n) is 23.2. The maximum atomic E-state index is 14.4. The van der Waals surface area contributed by atoms with Crippen molar-refractivity contribution in [3.63, 3.8) is 0 Å². The second kappa shape index (κ2) is 9.66. The highest BCUT2D eigenvalue weighted by molar-refractivity contribution is 7.09. The molecule has 0 spiro atoms.